The number of nitriles is 2. The van der Waals surface area contributed by atoms with E-state index in [9.17, 15) is 20.1 Å². The van der Waals surface area contributed by atoms with E-state index in [2.05, 4.69) is 103 Å². The van der Waals surface area contributed by atoms with Gasteiger partial charge in [-0.05, 0) is 113 Å². The smallest absolute Gasteiger partial charge is 0.255 e. The third kappa shape index (κ3) is 15.2. The van der Waals surface area contributed by atoms with Gasteiger partial charge in [-0.25, -0.2) is 19.9 Å². The number of rotatable bonds is 17. The molecule has 0 aliphatic heterocycles. The lowest BCUT2D eigenvalue weighted by atomic mass is 9.87. The van der Waals surface area contributed by atoms with Gasteiger partial charge in [-0.3, -0.25) is 19.0 Å². The molecule has 18 nitrogen and oxygen atoms in total. The average Bonchev–Trinajstić information content (AvgIpc) is 4.16. The Bertz CT molecular complexity index is 3560. The average molecular weight is 1200 g/mol. The summed E-state index contributed by atoms with van der Waals surface area (Å²) in [5, 5.41) is 37.0. The largest absolute Gasteiger partial charge is 0.361 e. The molecular weight excluding hydrogens is 1130 g/mol. The summed E-state index contributed by atoms with van der Waals surface area (Å²) in [6.45, 7) is 28.5. The molecule has 0 saturated heterocycles. The number of nitrogens with zero attached hydrogens (tertiary/aromatic N) is 12. The number of nitrogens with one attached hydrogen (secondary N) is 2. The number of hydrogen-bond acceptors (Lipinski definition) is 12. The van der Waals surface area contributed by atoms with Crippen molar-refractivity contribution in [2.45, 2.75) is 125 Å². The predicted octanol–water partition coefficient (Wildman–Crippen LogP) is 12.3. The van der Waals surface area contributed by atoms with Crippen molar-refractivity contribution < 1.29 is 19.1 Å². The lowest BCUT2D eigenvalue weighted by Crippen LogP contribution is -2.42. The van der Waals surface area contributed by atoms with Crippen LogP contribution in [0, 0.1) is 40.4 Å². The number of benzene rings is 2. The van der Waals surface area contributed by atoms with Gasteiger partial charge in [-0.1, -0.05) is 62.5 Å². The minimum atomic E-state index is -1.24. The Hall–Kier alpha value is -6.05. The first kappa shape index (κ1) is 61.2. The summed E-state index contributed by atoms with van der Waals surface area (Å²) in [6, 6.07) is 17.3. The fraction of sp³-hybridized carbons (Fsp3) is 0.455. The Morgan fingerprint density at radius 3 is 1.62 bits per heavy atom. The number of aromatic nitrogens is 10. The Balaban J connectivity index is 0.000000214. The van der Waals surface area contributed by atoms with Crippen molar-refractivity contribution in [2.75, 3.05) is 13.2 Å². The van der Waals surface area contributed by atoms with Crippen LogP contribution >= 0.6 is 39.1 Å². The maximum absolute atomic E-state index is 13.4. The molecular formula is C55H71BrCl2N14O4Si2. The monoisotopic (exact) mass is 1200 g/mol. The number of fused-ring (bicyclic) bond motifs is 4. The van der Waals surface area contributed by atoms with Crippen LogP contribution in [0.15, 0.2) is 65.8 Å². The third-order valence-corrected chi connectivity index (χ3v) is 17.8. The first-order valence-electron chi connectivity index (χ1n) is 25.6. The van der Waals surface area contributed by atoms with Gasteiger partial charge in [-0.15, -0.1) is 0 Å². The topological polar surface area (TPSA) is 221 Å². The molecule has 0 spiro atoms. The fourth-order valence-electron chi connectivity index (χ4n) is 7.74. The van der Waals surface area contributed by atoms with Gasteiger partial charge in [0.2, 0.25) is 0 Å². The zero-order chi connectivity index (χ0) is 57.7. The Morgan fingerprint density at radius 2 is 1.14 bits per heavy atom. The Morgan fingerprint density at radius 1 is 0.705 bits per heavy atom. The quantitative estimate of drug-likeness (QED) is 0.0642. The fourth-order valence-corrected chi connectivity index (χ4v) is 9.87. The molecule has 0 fully saturated rings. The van der Waals surface area contributed by atoms with E-state index in [1.54, 1.807) is 61.7 Å². The molecule has 6 aromatic heterocycles. The van der Waals surface area contributed by atoms with E-state index in [4.69, 9.17) is 37.7 Å². The highest BCUT2D eigenvalue weighted by Crippen LogP contribution is 2.31. The number of hydrogen-bond donors (Lipinski definition) is 2. The van der Waals surface area contributed by atoms with Gasteiger partial charge >= 0.3 is 0 Å². The number of amides is 2. The van der Waals surface area contributed by atoms with Gasteiger partial charge < -0.3 is 29.2 Å². The third-order valence-electron chi connectivity index (χ3n) is 13.5. The SMILES string of the molecule is C[C@H](NC(=O)c1cn(COCC[Si](C)(C)C)c2ncc(-c3nn(C)c4cc(Cl)ccc34)nc12)C(C)(C)C#N.C[C@H](NC(=O)c1cn(COCC[Si](C)(C)C)c2ncc(Br)nc12)C(C)(C)C#N.Cc1nn(C)c2cc(Cl)ccc12. The molecule has 8 rings (SSSR count). The van der Waals surface area contributed by atoms with Crippen molar-refractivity contribution >= 4 is 111 Å². The van der Waals surface area contributed by atoms with Crippen molar-refractivity contribution in [3.63, 3.8) is 0 Å². The number of aryl methyl sites for hydroxylation is 3. The molecule has 414 valence electrons. The van der Waals surface area contributed by atoms with Gasteiger partial charge in [0.1, 0.15) is 40.5 Å². The van der Waals surface area contributed by atoms with Gasteiger partial charge in [-0.2, -0.15) is 20.7 Å². The molecule has 2 N–H and O–H groups in total. The first-order valence-corrected chi connectivity index (χ1v) is 34.6. The number of carbonyl (C=O) groups is 2. The second kappa shape index (κ2) is 25.0. The van der Waals surface area contributed by atoms with Crippen LogP contribution in [0.2, 0.25) is 61.4 Å². The molecule has 0 saturated carbocycles. The minimum absolute atomic E-state index is 0.256. The summed E-state index contributed by atoms with van der Waals surface area (Å²) in [5.41, 5.74) is 5.64. The van der Waals surface area contributed by atoms with Crippen LogP contribution in [0.1, 0.15) is 68.0 Å². The lowest BCUT2D eigenvalue weighted by molar-refractivity contribution is 0.0880. The van der Waals surface area contributed by atoms with E-state index in [0.717, 1.165) is 39.2 Å². The molecule has 8 aromatic rings. The van der Waals surface area contributed by atoms with Crippen molar-refractivity contribution in [2.24, 2.45) is 24.9 Å². The van der Waals surface area contributed by atoms with Crippen molar-refractivity contribution in [1.29, 1.82) is 10.5 Å². The lowest BCUT2D eigenvalue weighted by Gasteiger charge is -2.25. The van der Waals surface area contributed by atoms with Crippen molar-refractivity contribution in [1.82, 2.24) is 59.3 Å². The molecule has 0 aliphatic rings. The number of ether oxygens (including phenoxy) is 2. The zero-order valence-corrected chi connectivity index (χ0v) is 52.4. The van der Waals surface area contributed by atoms with Crippen LogP contribution < -0.4 is 10.6 Å². The molecule has 2 amide bonds. The van der Waals surface area contributed by atoms with Gasteiger partial charge in [0.25, 0.3) is 11.8 Å². The van der Waals surface area contributed by atoms with Crippen molar-refractivity contribution in [3.05, 3.63) is 92.7 Å². The first-order chi connectivity index (χ1) is 36.4. The molecule has 23 heteroatoms. The summed E-state index contributed by atoms with van der Waals surface area (Å²) in [5.74, 6) is -0.607. The highest BCUT2D eigenvalue weighted by Gasteiger charge is 2.31. The molecule has 0 radical (unpaired) electrons. The van der Waals surface area contributed by atoms with Gasteiger partial charge in [0.05, 0.1) is 63.2 Å². The van der Waals surface area contributed by atoms with Crippen LogP contribution in [-0.2, 0) is 37.0 Å². The maximum atomic E-state index is 13.4. The molecule has 0 aliphatic carbocycles. The van der Waals surface area contributed by atoms with E-state index in [0.29, 0.717) is 74.4 Å². The van der Waals surface area contributed by atoms with E-state index in [1.165, 1.54) is 5.39 Å². The van der Waals surface area contributed by atoms with Crippen molar-refractivity contribution in [3.8, 4) is 23.5 Å². The second-order valence-corrected chi connectivity index (χ2v) is 36.0. The molecule has 0 unspecified atom stereocenters. The zero-order valence-electron chi connectivity index (χ0n) is 47.3. The second-order valence-electron chi connectivity index (χ2n) is 23.1. The van der Waals surface area contributed by atoms with E-state index < -0.39 is 27.0 Å². The van der Waals surface area contributed by atoms with E-state index in [-0.39, 0.29) is 30.6 Å². The molecule has 2 atom stereocenters. The molecule has 0 bridgehead atoms. The molecule has 2 aromatic carbocycles. The van der Waals surface area contributed by atoms with Gasteiger partial charge in [0.15, 0.2) is 11.3 Å². The summed E-state index contributed by atoms with van der Waals surface area (Å²) in [6.07, 6.45) is 6.71. The van der Waals surface area contributed by atoms with Gasteiger partial charge in [0, 0.05) is 88.8 Å². The van der Waals surface area contributed by atoms with E-state index in [1.807, 2.05) is 80.5 Å². The highest BCUT2D eigenvalue weighted by atomic mass is 79.9. The van der Waals surface area contributed by atoms with Crippen LogP contribution in [0.3, 0.4) is 0 Å². The summed E-state index contributed by atoms with van der Waals surface area (Å²) in [7, 11) is 1.36. The number of carbonyl (C=O) groups excluding carboxylic acids is 2. The van der Waals surface area contributed by atoms with Crippen LogP contribution in [0.25, 0.3) is 55.5 Å². The summed E-state index contributed by atoms with van der Waals surface area (Å²) >= 11 is 15.4. The Labute approximate surface area is 477 Å². The normalized spacial score (nSPS) is 12.9. The highest BCUT2D eigenvalue weighted by molar-refractivity contribution is 9.10. The standard InChI is InChI=1S/C27H34ClN7O2Si.C19H28BrN5O2Si.C9H9ClN2/c1-17(27(2,3)15-29)31-26(36)20-14-35(16-37-10-11-38(5,6)7)25-24(20)32-21(13-30-25)23-19-9-8-18(28)12-22(19)34(4)33-23;1-13(19(2,3)11-21)23-18(26)14-10-25(12-27-7-8-28(4,5)6)17-16(14)24-15(20)9-22-17;1-6-8-4-3-7(10)5-9(8)12(2)11-6/h8-9,12-14,17H,10-11,16H2,1-7H3,(H,31,36);9-10,13H,7-8,12H2,1-6H3,(H,23,26);3-5H,1-2H3/t17-;13-;/m00./s1. The van der Waals surface area contributed by atoms with E-state index >= 15 is 0 Å². The Kier molecular flexibility index (Phi) is 19.6. The molecule has 78 heavy (non-hydrogen) atoms. The summed E-state index contributed by atoms with van der Waals surface area (Å²) < 4.78 is 19.5. The van der Waals surface area contributed by atoms with Crippen LogP contribution in [-0.4, -0.2) is 102 Å². The van der Waals surface area contributed by atoms with Crippen LogP contribution in [0.5, 0.6) is 0 Å². The predicted molar refractivity (Wildman–Crippen MR) is 319 cm³/mol. The van der Waals surface area contributed by atoms with Crippen LogP contribution in [0.4, 0.5) is 0 Å². The summed E-state index contributed by atoms with van der Waals surface area (Å²) in [4.78, 5) is 44.7. The number of halogens is 3. The maximum Gasteiger partial charge on any atom is 0.255 e. The minimum Gasteiger partial charge on any atom is -0.361 e. The molecule has 6 heterocycles.